The van der Waals surface area contributed by atoms with Gasteiger partial charge in [-0.3, -0.25) is 4.79 Å². The summed E-state index contributed by atoms with van der Waals surface area (Å²) in [6, 6.07) is 13.6. The summed E-state index contributed by atoms with van der Waals surface area (Å²) >= 11 is 0. The van der Waals surface area contributed by atoms with Crippen LogP contribution in [0, 0.1) is 25.7 Å². The van der Waals surface area contributed by atoms with Crippen molar-refractivity contribution in [1.29, 1.82) is 0 Å². The highest BCUT2D eigenvalue weighted by Gasteiger charge is 2.24. The van der Waals surface area contributed by atoms with Gasteiger partial charge in [0.25, 0.3) is 0 Å². The molecule has 0 bridgehead atoms. The van der Waals surface area contributed by atoms with E-state index in [2.05, 4.69) is 47.6 Å². The molecule has 0 radical (unpaired) electrons. The zero-order valence-corrected chi connectivity index (χ0v) is 19.6. The molecule has 0 saturated carbocycles. The number of aliphatic hydroxyl groups is 1. The number of benzene rings is 2. The van der Waals surface area contributed by atoms with Gasteiger partial charge in [0.15, 0.2) is 0 Å². The van der Waals surface area contributed by atoms with Crippen molar-refractivity contribution in [1.82, 2.24) is 14.5 Å². The highest BCUT2D eigenvalue weighted by Crippen LogP contribution is 2.28. The molecule has 1 N–H and O–H groups in total. The largest absolute Gasteiger partial charge is 0.380 e. The van der Waals surface area contributed by atoms with Gasteiger partial charge in [-0.05, 0) is 54.5 Å². The molecule has 0 saturated heterocycles. The monoisotopic (exact) mass is 421 g/mol. The standard InChI is InChI=1S/C26H35N3O2/c1-17(2)14-28(15-18(3)4)24(30)16-29-23-13-20(6)19(5)12-22(23)27-26(29)25(31)21-10-8-7-9-11-21/h7-13,17-18,25,31H,14-16H2,1-6H3. The first kappa shape index (κ1) is 23.0. The molecule has 0 aliphatic rings. The number of fused-ring (bicyclic) bond motifs is 1. The van der Waals surface area contributed by atoms with Crippen molar-refractivity contribution in [2.75, 3.05) is 13.1 Å². The Morgan fingerprint density at radius 3 is 2.16 bits per heavy atom. The fourth-order valence-corrected chi connectivity index (χ4v) is 3.95. The highest BCUT2D eigenvalue weighted by molar-refractivity contribution is 5.82. The maximum Gasteiger partial charge on any atom is 0.242 e. The van der Waals surface area contributed by atoms with E-state index in [0.717, 1.165) is 40.8 Å². The van der Waals surface area contributed by atoms with E-state index in [4.69, 9.17) is 4.98 Å². The summed E-state index contributed by atoms with van der Waals surface area (Å²) in [6.07, 6.45) is -0.898. The normalized spacial score (nSPS) is 12.7. The van der Waals surface area contributed by atoms with Gasteiger partial charge in [-0.15, -0.1) is 0 Å². The van der Waals surface area contributed by atoms with Gasteiger partial charge >= 0.3 is 0 Å². The van der Waals surface area contributed by atoms with Crippen LogP contribution >= 0.6 is 0 Å². The summed E-state index contributed by atoms with van der Waals surface area (Å²) in [6.45, 7) is 14.2. The summed E-state index contributed by atoms with van der Waals surface area (Å²) in [5.74, 6) is 1.35. The van der Waals surface area contributed by atoms with E-state index < -0.39 is 6.10 Å². The number of aryl methyl sites for hydroxylation is 2. The number of imidazole rings is 1. The molecule has 166 valence electrons. The molecule has 5 nitrogen and oxygen atoms in total. The number of amides is 1. The maximum absolute atomic E-state index is 13.4. The zero-order valence-electron chi connectivity index (χ0n) is 19.6. The molecule has 0 spiro atoms. The molecule has 1 amide bonds. The average molecular weight is 422 g/mol. The lowest BCUT2D eigenvalue weighted by Gasteiger charge is -2.27. The lowest BCUT2D eigenvalue weighted by atomic mass is 10.1. The highest BCUT2D eigenvalue weighted by atomic mass is 16.3. The van der Waals surface area contributed by atoms with Crippen LogP contribution in [0.15, 0.2) is 42.5 Å². The quantitative estimate of drug-likeness (QED) is 0.564. The smallest absolute Gasteiger partial charge is 0.242 e. The molecule has 5 heteroatoms. The number of nitrogens with zero attached hydrogens (tertiary/aromatic N) is 3. The summed E-state index contributed by atoms with van der Waals surface area (Å²) < 4.78 is 1.90. The third-order valence-corrected chi connectivity index (χ3v) is 5.57. The van der Waals surface area contributed by atoms with Crippen LogP contribution in [0.3, 0.4) is 0 Å². The van der Waals surface area contributed by atoms with Crippen molar-refractivity contribution in [3.05, 3.63) is 65.0 Å². The van der Waals surface area contributed by atoms with Gasteiger partial charge in [0, 0.05) is 13.1 Å². The van der Waals surface area contributed by atoms with Crippen molar-refractivity contribution in [2.24, 2.45) is 11.8 Å². The van der Waals surface area contributed by atoms with Crippen molar-refractivity contribution < 1.29 is 9.90 Å². The molecular formula is C26H35N3O2. The van der Waals surface area contributed by atoms with Crippen molar-refractivity contribution in [3.63, 3.8) is 0 Å². The van der Waals surface area contributed by atoms with E-state index in [1.807, 2.05) is 45.9 Å². The first-order valence-corrected chi connectivity index (χ1v) is 11.2. The van der Waals surface area contributed by atoms with Gasteiger partial charge < -0.3 is 14.6 Å². The third-order valence-electron chi connectivity index (χ3n) is 5.57. The second kappa shape index (κ2) is 9.65. The summed E-state index contributed by atoms with van der Waals surface area (Å²) in [5, 5.41) is 11.1. The average Bonchev–Trinajstić information content (AvgIpc) is 3.04. The minimum absolute atomic E-state index is 0.0569. The molecule has 0 aliphatic carbocycles. The number of rotatable bonds is 8. The van der Waals surface area contributed by atoms with Crippen LogP contribution in [0.5, 0.6) is 0 Å². The fraction of sp³-hybridized carbons (Fsp3) is 0.462. The van der Waals surface area contributed by atoms with Gasteiger partial charge in [-0.25, -0.2) is 4.98 Å². The van der Waals surface area contributed by atoms with E-state index in [1.54, 1.807) is 0 Å². The molecular weight excluding hydrogens is 386 g/mol. The molecule has 3 rings (SSSR count). The predicted molar refractivity (Wildman–Crippen MR) is 126 cm³/mol. The minimum Gasteiger partial charge on any atom is -0.380 e. The molecule has 2 aromatic carbocycles. The number of aromatic nitrogens is 2. The summed E-state index contributed by atoms with van der Waals surface area (Å²) in [5.41, 5.74) is 4.74. The van der Waals surface area contributed by atoms with Crippen molar-refractivity contribution >= 4 is 16.9 Å². The van der Waals surface area contributed by atoms with Crippen LogP contribution in [-0.4, -0.2) is 38.6 Å². The SMILES string of the molecule is Cc1cc2nc(C(O)c3ccccc3)n(CC(=O)N(CC(C)C)CC(C)C)c2cc1C. The molecule has 31 heavy (non-hydrogen) atoms. The Hall–Kier alpha value is -2.66. The van der Waals surface area contributed by atoms with E-state index in [0.29, 0.717) is 17.7 Å². The van der Waals surface area contributed by atoms with Crippen LogP contribution in [-0.2, 0) is 11.3 Å². The topological polar surface area (TPSA) is 58.4 Å². The second-order valence-corrected chi connectivity index (χ2v) is 9.38. The van der Waals surface area contributed by atoms with Gasteiger partial charge in [-0.2, -0.15) is 0 Å². The number of carbonyl (C=O) groups is 1. The van der Waals surface area contributed by atoms with E-state index in [-0.39, 0.29) is 12.5 Å². The Balaban J connectivity index is 2.06. The van der Waals surface area contributed by atoms with Crippen molar-refractivity contribution in [3.8, 4) is 0 Å². The molecule has 1 atom stereocenters. The molecule has 1 aromatic heterocycles. The molecule has 1 heterocycles. The minimum atomic E-state index is -0.898. The van der Waals surface area contributed by atoms with Gasteiger partial charge in [0.05, 0.1) is 11.0 Å². The first-order chi connectivity index (χ1) is 14.7. The lowest BCUT2D eigenvalue weighted by Crippen LogP contribution is -2.39. The van der Waals surface area contributed by atoms with Crippen LogP contribution in [0.2, 0.25) is 0 Å². The Morgan fingerprint density at radius 2 is 1.58 bits per heavy atom. The number of aliphatic hydroxyl groups excluding tert-OH is 1. The van der Waals surface area contributed by atoms with Gasteiger partial charge in [-0.1, -0.05) is 58.0 Å². The first-order valence-electron chi connectivity index (χ1n) is 11.2. The summed E-state index contributed by atoms with van der Waals surface area (Å²) in [7, 11) is 0. The van der Waals surface area contributed by atoms with E-state index >= 15 is 0 Å². The Labute approximate surface area is 185 Å². The predicted octanol–water partition coefficient (Wildman–Crippen LogP) is 4.88. The molecule has 0 fully saturated rings. The molecule has 0 aliphatic heterocycles. The van der Waals surface area contributed by atoms with Gasteiger partial charge in [0.1, 0.15) is 18.5 Å². The maximum atomic E-state index is 13.4. The Bertz CT molecular complexity index is 1030. The number of hydrogen-bond acceptors (Lipinski definition) is 3. The molecule has 3 aromatic rings. The van der Waals surface area contributed by atoms with Crippen LogP contribution in [0.25, 0.3) is 11.0 Å². The third kappa shape index (κ3) is 5.34. The van der Waals surface area contributed by atoms with E-state index in [1.165, 1.54) is 0 Å². The fourth-order valence-electron chi connectivity index (χ4n) is 3.95. The Morgan fingerprint density at radius 1 is 1.00 bits per heavy atom. The second-order valence-electron chi connectivity index (χ2n) is 9.38. The van der Waals surface area contributed by atoms with Gasteiger partial charge in [0.2, 0.25) is 5.91 Å². The van der Waals surface area contributed by atoms with Crippen LogP contribution in [0.1, 0.15) is 56.3 Å². The van der Waals surface area contributed by atoms with E-state index in [9.17, 15) is 9.90 Å². The zero-order chi connectivity index (χ0) is 22.7. The number of hydrogen-bond donors (Lipinski definition) is 1. The lowest BCUT2D eigenvalue weighted by molar-refractivity contribution is -0.132. The van der Waals surface area contributed by atoms with Crippen LogP contribution < -0.4 is 0 Å². The number of carbonyl (C=O) groups excluding carboxylic acids is 1. The summed E-state index contributed by atoms with van der Waals surface area (Å²) in [4.78, 5) is 20.1. The van der Waals surface area contributed by atoms with Crippen molar-refractivity contribution in [2.45, 2.75) is 54.2 Å². The van der Waals surface area contributed by atoms with Crippen LogP contribution in [0.4, 0.5) is 0 Å². The Kier molecular flexibility index (Phi) is 7.16. The molecule has 1 unspecified atom stereocenters.